The number of carboxylic acid groups (broad SMARTS) is 1. The van der Waals surface area contributed by atoms with E-state index in [1.165, 1.54) is 36.4 Å². The molecule has 222 valence electrons. The number of benzene rings is 2. The number of halogens is 2. The van der Waals surface area contributed by atoms with Gasteiger partial charge in [-0.25, -0.2) is 18.4 Å². The molecule has 1 aliphatic carbocycles. The van der Waals surface area contributed by atoms with Crippen molar-refractivity contribution in [2.45, 2.75) is 31.4 Å². The van der Waals surface area contributed by atoms with E-state index in [2.05, 4.69) is 0 Å². The maximum absolute atomic E-state index is 15.6. The number of nitrogens with zero attached hydrogens (tertiary/aromatic N) is 3. The molecule has 42 heavy (non-hydrogen) atoms. The van der Waals surface area contributed by atoms with E-state index in [0.29, 0.717) is 25.0 Å². The Hall–Kier alpha value is -4.39. The number of amides is 1. The molecule has 2 unspecified atom stereocenters. The average Bonchev–Trinajstić information content (AvgIpc) is 3.58. The fourth-order valence-electron chi connectivity index (χ4n) is 5.71. The topological polar surface area (TPSA) is 131 Å². The van der Waals surface area contributed by atoms with E-state index < -0.39 is 40.8 Å². The first-order chi connectivity index (χ1) is 20.2. The molecule has 6 rings (SSSR count). The normalized spacial score (nSPS) is 20.3. The smallest absolute Gasteiger partial charge is 0.414 e. The van der Waals surface area contributed by atoms with Crippen LogP contribution in [0, 0.1) is 17.6 Å². The highest BCUT2D eigenvalue weighted by molar-refractivity contribution is 5.97. The van der Waals surface area contributed by atoms with E-state index in [-0.39, 0.29) is 60.0 Å². The summed E-state index contributed by atoms with van der Waals surface area (Å²) in [6, 6.07) is 5.20. The summed E-state index contributed by atoms with van der Waals surface area (Å²) < 4.78 is 48.6. The van der Waals surface area contributed by atoms with Crippen molar-refractivity contribution in [2.75, 3.05) is 49.8 Å². The van der Waals surface area contributed by atoms with Gasteiger partial charge in [-0.2, -0.15) is 0 Å². The zero-order valence-corrected chi connectivity index (χ0v) is 22.7. The van der Waals surface area contributed by atoms with Crippen molar-refractivity contribution in [1.82, 2.24) is 4.57 Å². The molecular formula is C29H29F2N3O8. The molecule has 2 atom stereocenters. The second-order valence-corrected chi connectivity index (χ2v) is 10.8. The summed E-state index contributed by atoms with van der Waals surface area (Å²) in [4.78, 5) is 39.7. The summed E-state index contributed by atoms with van der Waals surface area (Å²) in [5.74, 6) is -2.65. The first-order valence-electron chi connectivity index (χ1n) is 13.6. The predicted molar refractivity (Wildman–Crippen MR) is 147 cm³/mol. The summed E-state index contributed by atoms with van der Waals surface area (Å²) in [7, 11) is 1.39. The third-order valence-corrected chi connectivity index (χ3v) is 7.95. The van der Waals surface area contributed by atoms with E-state index in [4.69, 9.17) is 14.2 Å². The number of carboxylic acids is 1. The molecule has 3 fully saturated rings. The molecule has 0 spiro atoms. The number of cyclic esters (lactones) is 1. The molecule has 3 heterocycles. The Labute approximate surface area is 238 Å². The number of carbonyl (C=O) groups excluding carboxylic acids is 1. The Morgan fingerprint density at radius 3 is 2.55 bits per heavy atom. The number of rotatable bonds is 9. The zero-order chi connectivity index (χ0) is 29.7. The largest absolute Gasteiger partial charge is 0.492 e. The number of aliphatic hydroxyl groups excluding tert-OH is 1. The van der Waals surface area contributed by atoms with Gasteiger partial charge in [-0.15, -0.1) is 0 Å². The molecule has 0 bridgehead atoms. The fraction of sp³-hybridized carbons (Fsp3) is 0.414. The first-order valence-corrected chi connectivity index (χ1v) is 13.6. The number of aromatic carboxylic acids is 1. The number of ether oxygens (including phenoxy) is 3. The van der Waals surface area contributed by atoms with Gasteiger partial charge in [0.25, 0.3) is 0 Å². The van der Waals surface area contributed by atoms with Crippen LogP contribution in [0.25, 0.3) is 10.9 Å². The number of hydrogen-bond donors (Lipinski definition) is 2. The molecule has 2 saturated heterocycles. The molecule has 0 radical (unpaired) electrons. The fourth-order valence-corrected chi connectivity index (χ4v) is 5.71. The lowest BCUT2D eigenvalue weighted by atomic mass is 10.1. The molecule has 1 amide bonds. The Balaban J connectivity index is 1.21. The van der Waals surface area contributed by atoms with Gasteiger partial charge >= 0.3 is 12.1 Å². The number of aliphatic hydroxyl groups is 1. The number of hydrogen-bond acceptors (Lipinski definition) is 8. The molecule has 3 aliphatic rings. The van der Waals surface area contributed by atoms with Crippen LogP contribution in [0.4, 0.5) is 25.0 Å². The highest BCUT2D eigenvalue weighted by atomic mass is 19.1. The number of methoxy groups -OCH3 is 1. The van der Waals surface area contributed by atoms with Crippen molar-refractivity contribution in [3.63, 3.8) is 0 Å². The van der Waals surface area contributed by atoms with Crippen molar-refractivity contribution >= 4 is 34.3 Å². The number of pyridine rings is 1. The molecular weight excluding hydrogens is 556 g/mol. The minimum absolute atomic E-state index is 0.000578. The van der Waals surface area contributed by atoms with Crippen LogP contribution in [0.2, 0.25) is 0 Å². The number of aromatic nitrogens is 1. The van der Waals surface area contributed by atoms with Crippen molar-refractivity contribution in [1.29, 1.82) is 0 Å². The van der Waals surface area contributed by atoms with Crippen LogP contribution in [0.5, 0.6) is 11.5 Å². The van der Waals surface area contributed by atoms with Gasteiger partial charge in [-0.3, -0.25) is 9.69 Å². The lowest BCUT2D eigenvalue weighted by Gasteiger charge is -2.25. The van der Waals surface area contributed by atoms with Crippen LogP contribution < -0.4 is 24.7 Å². The summed E-state index contributed by atoms with van der Waals surface area (Å²) in [6.07, 6.45) is 2.21. The quantitative estimate of drug-likeness (QED) is 0.387. The monoisotopic (exact) mass is 585 g/mol. The molecule has 3 aromatic rings. The number of anilines is 2. The molecule has 11 nitrogen and oxygen atoms in total. The second-order valence-electron chi connectivity index (χ2n) is 10.8. The molecule has 13 heteroatoms. The number of fused-ring (bicyclic) bond motifs is 1. The lowest BCUT2D eigenvalue weighted by molar-refractivity contribution is 0.0694. The summed E-state index contributed by atoms with van der Waals surface area (Å²) >= 11 is 0. The Bertz CT molecular complexity index is 1640. The standard InChI is InChI=1S/C29H29F2N3O8/c1-40-27-24-19(26(36)20(28(37)38)12-33(24)16-2-3-16)9-22(31)25(27)32-7-6-15(10-32)14-41-23-5-4-17(8-21(23)30)34-11-18(13-35)42-29(34)39/h4-5,8-9,12,15-16,18,35H,2-3,6-7,10-11,13-14H2,1H3,(H,37,38). The molecule has 2 aromatic carbocycles. The summed E-state index contributed by atoms with van der Waals surface area (Å²) in [6.45, 7) is 0.765. The first kappa shape index (κ1) is 27.8. The lowest BCUT2D eigenvalue weighted by Crippen LogP contribution is -2.25. The highest BCUT2D eigenvalue weighted by Crippen LogP contribution is 2.44. The van der Waals surface area contributed by atoms with Crippen molar-refractivity contribution in [2.24, 2.45) is 5.92 Å². The van der Waals surface area contributed by atoms with E-state index in [0.717, 1.165) is 18.9 Å². The van der Waals surface area contributed by atoms with Gasteiger partial charge < -0.3 is 33.9 Å². The van der Waals surface area contributed by atoms with Crippen LogP contribution in [-0.2, 0) is 4.74 Å². The molecule has 1 aromatic heterocycles. The second kappa shape index (κ2) is 10.8. The minimum atomic E-state index is -1.37. The molecule has 1 saturated carbocycles. The molecule has 2 aliphatic heterocycles. The van der Waals surface area contributed by atoms with Gasteiger partial charge in [0.05, 0.1) is 43.5 Å². The van der Waals surface area contributed by atoms with Gasteiger partial charge in [-0.05, 0) is 37.5 Å². The Morgan fingerprint density at radius 1 is 1.12 bits per heavy atom. The highest BCUT2D eigenvalue weighted by Gasteiger charge is 2.34. The van der Waals surface area contributed by atoms with E-state index >= 15 is 4.39 Å². The van der Waals surface area contributed by atoms with Crippen molar-refractivity contribution in [3.05, 3.63) is 57.9 Å². The van der Waals surface area contributed by atoms with Crippen LogP contribution >= 0.6 is 0 Å². The van der Waals surface area contributed by atoms with Crippen LogP contribution in [0.1, 0.15) is 35.7 Å². The van der Waals surface area contributed by atoms with E-state index in [9.17, 15) is 29.0 Å². The van der Waals surface area contributed by atoms with Crippen LogP contribution in [-0.4, -0.2) is 72.9 Å². The molecule has 2 N–H and O–H groups in total. The maximum Gasteiger partial charge on any atom is 0.414 e. The number of carbonyl (C=O) groups is 2. The Kier molecular flexibility index (Phi) is 7.13. The third-order valence-electron chi connectivity index (χ3n) is 7.95. The van der Waals surface area contributed by atoms with Gasteiger partial charge in [-0.1, -0.05) is 0 Å². The van der Waals surface area contributed by atoms with Gasteiger partial charge in [0.2, 0.25) is 5.43 Å². The summed E-state index contributed by atoms with van der Waals surface area (Å²) in [5.41, 5.74) is -0.364. The van der Waals surface area contributed by atoms with Gasteiger partial charge in [0.1, 0.15) is 17.4 Å². The average molecular weight is 586 g/mol. The Morgan fingerprint density at radius 2 is 1.90 bits per heavy atom. The SMILES string of the molecule is COc1c(N2CCC(COc3ccc(N4CC(CO)OC4=O)cc3F)C2)c(F)cc2c(=O)c(C(=O)O)cn(C3CC3)c12. The van der Waals surface area contributed by atoms with Crippen LogP contribution in [0.15, 0.2) is 35.3 Å². The van der Waals surface area contributed by atoms with Crippen molar-refractivity contribution < 1.29 is 42.8 Å². The van der Waals surface area contributed by atoms with Crippen LogP contribution in [0.3, 0.4) is 0 Å². The van der Waals surface area contributed by atoms with Gasteiger partial charge in [0, 0.05) is 37.3 Å². The maximum atomic E-state index is 15.6. The summed E-state index contributed by atoms with van der Waals surface area (Å²) in [5, 5.41) is 18.7. The third kappa shape index (κ3) is 4.87. The minimum Gasteiger partial charge on any atom is -0.492 e. The van der Waals surface area contributed by atoms with Crippen molar-refractivity contribution in [3.8, 4) is 11.5 Å². The zero-order valence-electron chi connectivity index (χ0n) is 22.7. The van der Waals surface area contributed by atoms with E-state index in [1.54, 1.807) is 9.47 Å². The van der Waals surface area contributed by atoms with E-state index in [1.807, 2.05) is 0 Å². The van der Waals surface area contributed by atoms with Gasteiger partial charge in [0.15, 0.2) is 23.1 Å². The predicted octanol–water partition coefficient (Wildman–Crippen LogP) is 3.54.